The van der Waals surface area contributed by atoms with Gasteiger partial charge >= 0.3 is 0 Å². The van der Waals surface area contributed by atoms with E-state index in [2.05, 4.69) is 181 Å². The van der Waals surface area contributed by atoms with Crippen molar-refractivity contribution in [2.75, 3.05) is 4.90 Å². The summed E-state index contributed by atoms with van der Waals surface area (Å²) in [6.07, 6.45) is 0. The monoisotopic (exact) mass is 571 g/mol. The zero-order valence-electron chi connectivity index (χ0n) is 24.7. The van der Waals surface area contributed by atoms with Crippen LogP contribution in [0.5, 0.6) is 0 Å². The quantitative estimate of drug-likeness (QED) is 0.190. The van der Waals surface area contributed by atoms with Gasteiger partial charge in [-0.2, -0.15) is 0 Å². The highest BCUT2D eigenvalue weighted by molar-refractivity contribution is 6.10. The Balaban J connectivity index is 1.23. The number of benzene rings is 9. The van der Waals surface area contributed by atoms with Crippen LogP contribution in [0.1, 0.15) is 0 Å². The minimum absolute atomic E-state index is 1.12. The summed E-state index contributed by atoms with van der Waals surface area (Å²) in [7, 11) is 0. The summed E-state index contributed by atoms with van der Waals surface area (Å²) < 4.78 is 0. The van der Waals surface area contributed by atoms with Crippen molar-refractivity contribution in [1.29, 1.82) is 0 Å². The third kappa shape index (κ3) is 4.32. The molecule has 0 radical (unpaired) electrons. The second-order valence-electron chi connectivity index (χ2n) is 11.8. The van der Waals surface area contributed by atoms with E-state index in [1.807, 2.05) is 0 Å². The third-order valence-corrected chi connectivity index (χ3v) is 9.20. The molecule has 1 heteroatoms. The van der Waals surface area contributed by atoms with E-state index in [-0.39, 0.29) is 0 Å². The lowest BCUT2D eigenvalue weighted by Gasteiger charge is -2.27. The summed E-state index contributed by atoms with van der Waals surface area (Å²) in [5.74, 6) is 0. The summed E-state index contributed by atoms with van der Waals surface area (Å²) in [4.78, 5) is 2.39. The van der Waals surface area contributed by atoms with E-state index in [0.29, 0.717) is 0 Å². The molecule has 0 atom stereocenters. The molecule has 0 saturated carbocycles. The Hall–Kier alpha value is -5.92. The first-order valence-corrected chi connectivity index (χ1v) is 15.5. The molecule has 9 aromatic carbocycles. The second kappa shape index (κ2) is 10.4. The molecule has 0 amide bonds. The van der Waals surface area contributed by atoms with Gasteiger partial charge in [0.2, 0.25) is 0 Å². The predicted molar refractivity (Wildman–Crippen MR) is 194 cm³/mol. The molecule has 0 fully saturated rings. The molecule has 9 aromatic rings. The van der Waals surface area contributed by atoms with Crippen molar-refractivity contribution in [3.63, 3.8) is 0 Å². The normalized spacial score (nSPS) is 11.6. The van der Waals surface area contributed by atoms with Crippen LogP contribution in [0.2, 0.25) is 0 Å². The topological polar surface area (TPSA) is 3.24 Å². The third-order valence-electron chi connectivity index (χ3n) is 9.20. The van der Waals surface area contributed by atoms with Crippen molar-refractivity contribution >= 4 is 70.9 Å². The van der Waals surface area contributed by atoms with Gasteiger partial charge in [-0.25, -0.2) is 0 Å². The van der Waals surface area contributed by atoms with Crippen LogP contribution >= 0.6 is 0 Å². The van der Waals surface area contributed by atoms with Crippen LogP contribution in [0.15, 0.2) is 176 Å². The summed E-state index contributed by atoms with van der Waals surface area (Å²) in [6.45, 7) is 0. The van der Waals surface area contributed by atoms with E-state index >= 15 is 0 Å². The highest BCUT2D eigenvalue weighted by Crippen LogP contribution is 2.40. The zero-order chi connectivity index (χ0) is 29.7. The van der Waals surface area contributed by atoms with E-state index in [1.165, 1.54) is 65.0 Å². The van der Waals surface area contributed by atoms with Crippen LogP contribution < -0.4 is 4.90 Å². The van der Waals surface area contributed by atoms with Gasteiger partial charge in [0.05, 0.1) is 0 Å². The molecule has 0 aliphatic heterocycles. The van der Waals surface area contributed by atoms with Gasteiger partial charge in [0.25, 0.3) is 0 Å². The standard InChI is InChI=1S/C44H29N/c1-4-12-39-30(8-1)11-7-15-41(39)33-20-23-36(24-21-33)45(37-26-27-43-35(28-37)19-18-31-9-2-5-13-40(31)43)38-25-22-34-17-16-32-10-3-6-14-42(32)44(34)29-38/h1-29H. The van der Waals surface area contributed by atoms with Gasteiger partial charge in [-0.1, -0.05) is 140 Å². The Morgan fingerprint density at radius 1 is 0.267 bits per heavy atom. The summed E-state index contributed by atoms with van der Waals surface area (Å²) in [5.41, 5.74) is 5.86. The highest BCUT2D eigenvalue weighted by atomic mass is 15.1. The van der Waals surface area contributed by atoms with Gasteiger partial charge in [0, 0.05) is 17.1 Å². The van der Waals surface area contributed by atoms with Crippen LogP contribution in [0, 0.1) is 0 Å². The van der Waals surface area contributed by atoms with E-state index in [9.17, 15) is 0 Å². The van der Waals surface area contributed by atoms with E-state index in [4.69, 9.17) is 0 Å². The molecule has 1 nitrogen and oxygen atoms in total. The molecule has 0 aromatic heterocycles. The molecule has 0 unspecified atom stereocenters. The van der Waals surface area contributed by atoms with Crippen molar-refractivity contribution in [2.45, 2.75) is 0 Å². The Bertz CT molecular complexity index is 2540. The molecule has 0 aliphatic carbocycles. The first-order chi connectivity index (χ1) is 22.3. The lowest BCUT2D eigenvalue weighted by Crippen LogP contribution is -2.10. The highest BCUT2D eigenvalue weighted by Gasteiger charge is 2.16. The Morgan fingerprint density at radius 3 is 1.47 bits per heavy atom. The van der Waals surface area contributed by atoms with Gasteiger partial charge < -0.3 is 4.90 Å². The number of rotatable bonds is 4. The average Bonchev–Trinajstić information content (AvgIpc) is 3.11. The fraction of sp³-hybridized carbons (Fsp3) is 0. The van der Waals surface area contributed by atoms with Gasteiger partial charge in [0.1, 0.15) is 0 Å². The predicted octanol–water partition coefficient (Wildman–Crippen LogP) is 12.6. The molecule has 45 heavy (non-hydrogen) atoms. The second-order valence-corrected chi connectivity index (χ2v) is 11.8. The van der Waals surface area contributed by atoms with Crippen molar-refractivity contribution in [2.24, 2.45) is 0 Å². The van der Waals surface area contributed by atoms with Crippen molar-refractivity contribution in [3.8, 4) is 11.1 Å². The smallest absolute Gasteiger partial charge is 0.0468 e. The van der Waals surface area contributed by atoms with Gasteiger partial charge in [-0.15, -0.1) is 0 Å². The molecule has 0 N–H and O–H groups in total. The van der Waals surface area contributed by atoms with E-state index < -0.39 is 0 Å². The molecule has 0 spiro atoms. The largest absolute Gasteiger partial charge is 0.310 e. The zero-order valence-corrected chi connectivity index (χ0v) is 24.7. The summed E-state index contributed by atoms with van der Waals surface area (Å²) in [6, 6.07) is 64.1. The fourth-order valence-electron chi connectivity index (χ4n) is 6.98. The van der Waals surface area contributed by atoms with Crippen molar-refractivity contribution < 1.29 is 0 Å². The van der Waals surface area contributed by atoms with Crippen molar-refractivity contribution in [3.05, 3.63) is 176 Å². The average molecular weight is 572 g/mol. The van der Waals surface area contributed by atoms with Crippen LogP contribution in [-0.2, 0) is 0 Å². The molecule has 0 saturated heterocycles. The summed E-state index contributed by atoms with van der Waals surface area (Å²) in [5, 5.41) is 12.6. The van der Waals surface area contributed by atoms with E-state index in [1.54, 1.807) is 0 Å². The van der Waals surface area contributed by atoms with Gasteiger partial charge in [-0.05, 0) is 101 Å². The number of nitrogens with zero attached hydrogens (tertiary/aromatic N) is 1. The lowest BCUT2D eigenvalue weighted by atomic mass is 9.97. The molecule has 9 rings (SSSR count). The maximum Gasteiger partial charge on any atom is 0.0468 e. The SMILES string of the molecule is c1ccc2c(-c3ccc(N(c4ccc5c(ccc6ccccc65)c4)c4ccc5ccc6ccccc6c5c4)cc3)cccc2c1. The van der Waals surface area contributed by atoms with Crippen molar-refractivity contribution in [1.82, 2.24) is 0 Å². The number of hydrogen-bond donors (Lipinski definition) is 0. The minimum atomic E-state index is 1.12. The molecule has 0 heterocycles. The molecule has 0 aliphatic rings. The molecular formula is C44H29N. The molecular weight excluding hydrogens is 542 g/mol. The number of anilines is 3. The van der Waals surface area contributed by atoms with Gasteiger partial charge in [-0.3, -0.25) is 0 Å². The van der Waals surface area contributed by atoms with Crippen LogP contribution in [-0.4, -0.2) is 0 Å². The number of hydrogen-bond acceptors (Lipinski definition) is 1. The lowest BCUT2D eigenvalue weighted by molar-refractivity contribution is 1.30. The maximum absolute atomic E-state index is 2.39. The minimum Gasteiger partial charge on any atom is -0.310 e. The van der Waals surface area contributed by atoms with Gasteiger partial charge in [0.15, 0.2) is 0 Å². The Kier molecular flexibility index (Phi) is 5.89. The van der Waals surface area contributed by atoms with Crippen LogP contribution in [0.4, 0.5) is 17.1 Å². The Labute approximate surface area is 262 Å². The number of fused-ring (bicyclic) bond motifs is 7. The molecule has 0 bridgehead atoms. The first-order valence-electron chi connectivity index (χ1n) is 15.5. The van der Waals surface area contributed by atoms with Crippen LogP contribution in [0.25, 0.3) is 65.0 Å². The summed E-state index contributed by atoms with van der Waals surface area (Å²) >= 11 is 0. The molecule has 210 valence electrons. The Morgan fingerprint density at radius 2 is 0.733 bits per heavy atom. The first kappa shape index (κ1) is 25.6. The maximum atomic E-state index is 2.39. The fourth-order valence-corrected chi connectivity index (χ4v) is 6.98. The van der Waals surface area contributed by atoms with Crippen LogP contribution in [0.3, 0.4) is 0 Å². The van der Waals surface area contributed by atoms with E-state index in [0.717, 1.165) is 17.1 Å².